The minimum atomic E-state index is 0.532. The Bertz CT molecular complexity index is 291. The quantitative estimate of drug-likeness (QED) is 0.674. The fourth-order valence-corrected chi connectivity index (χ4v) is 1.77. The average molecular weight is 229 g/mol. The van der Waals surface area contributed by atoms with Crippen LogP contribution in [0.1, 0.15) is 11.1 Å². The highest BCUT2D eigenvalue weighted by Gasteiger charge is 2.01. The van der Waals surface area contributed by atoms with Crippen molar-refractivity contribution in [3.63, 3.8) is 0 Å². The number of thiol groups is 2. The van der Waals surface area contributed by atoms with Crippen LogP contribution in [-0.2, 0) is 11.5 Å². The van der Waals surface area contributed by atoms with Crippen LogP contribution in [0.5, 0.6) is 5.75 Å². The molecule has 2 nitrogen and oxygen atoms in total. The van der Waals surface area contributed by atoms with E-state index in [1.54, 1.807) is 0 Å². The van der Waals surface area contributed by atoms with E-state index in [9.17, 15) is 0 Å². The van der Waals surface area contributed by atoms with Crippen molar-refractivity contribution in [2.75, 3.05) is 13.2 Å². The molecule has 78 valence electrons. The molecular weight excluding hydrogens is 214 g/mol. The van der Waals surface area contributed by atoms with Crippen molar-refractivity contribution < 1.29 is 4.74 Å². The van der Waals surface area contributed by atoms with Crippen LogP contribution >= 0.6 is 25.3 Å². The standard InChI is InChI=1S/C10H15NOS2/c11-3-4-12-10-2-1-8(6-13)9(5-10)7-14/h1-2,5,13-14H,3-4,6-7,11H2. The van der Waals surface area contributed by atoms with Crippen LogP contribution < -0.4 is 10.5 Å². The fourth-order valence-electron chi connectivity index (χ4n) is 1.17. The number of ether oxygens (including phenoxy) is 1. The molecule has 0 fully saturated rings. The number of rotatable bonds is 5. The highest BCUT2D eigenvalue weighted by atomic mass is 32.1. The van der Waals surface area contributed by atoms with E-state index in [4.69, 9.17) is 10.5 Å². The van der Waals surface area contributed by atoms with Gasteiger partial charge in [-0.1, -0.05) is 6.07 Å². The molecule has 0 saturated carbocycles. The summed E-state index contributed by atoms with van der Waals surface area (Å²) < 4.78 is 5.41. The van der Waals surface area contributed by atoms with Crippen molar-refractivity contribution in [2.45, 2.75) is 11.5 Å². The molecular formula is C10H15NOS2. The number of hydrogen-bond acceptors (Lipinski definition) is 4. The first-order valence-corrected chi connectivity index (χ1v) is 5.74. The lowest BCUT2D eigenvalue weighted by atomic mass is 10.1. The van der Waals surface area contributed by atoms with E-state index in [-0.39, 0.29) is 0 Å². The van der Waals surface area contributed by atoms with E-state index >= 15 is 0 Å². The summed E-state index contributed by atoms with van der Waals surface area (Å²) in [4.78, 5) is 0. The molecule has 14 heavy (non-hydrogen) atoms. The normalized spacial score (nSPS) is 10.2. The van der Waals surface area contributed by atoms with Crippen molar-refractivity contribution in [1.82, 2.24) is 0 Å². The first-order valence-electron chi connectivity index (χ1n) is 4.48. The summed E-state index contributed by atoms with van der Waals surface area (Å²) >= 11 is 8.50. The monoisotopic (exact) mass is 229 g/mol. The van der Waals surface area contributed by atoms with Crippen molar-refractivity contribution >= 4 is 25.3 Å². The molecule has 1 aromatic carbocycles. The zero-order valence-corrected chi connectivity index (χ0v) is 9.73. The van der Waals surface area contributed by atoms with Gasteiger partial charge in [-0.2, -0.15) is 25.3 Å². The second kappa shape index (κ2) is 6.22. The summed E-state index contributed by atoms with van der Waals surface area (Å²) in [6, 6.07) is 5.95. The zero-order valence-electron chi connectivity index (χ0n) is 7.94. The third-order valence-electron chi connectivity index (χ3n) is 1.90. The number of nitrogens with two attached hydrogens (primary N) is 1. The first kappa shape index (κ1) is 11.8. The molecule has 0 saturated heterocycles. The van der Waals surface area contributed by atoms with Gasteiger partial charge in [-0.25, -0.2) is 0 Å². The number of hydrogen-bond donors (Lipinski definition) is 3. The average Bonchev–Trinajstić information content (AvgIpc) is 2.25. The molecule has 0 aliphatic heterocycles. The summed E-state index contributed by atoms with van der Waals surface area (Å²) in [5.74, 6) is 2.29. The molecule has 2 N–H and O–H groups in total. The summed E-state index contributed by atoms with van der Waals surface area (Å²) in [6.45, 7) is 1.08. The smallest absolute Gasteiger partial charge is 0.119 e. The van der Waals surface area contributed by atoms with Gasteiger partial charge in [-0.05, 0) is 23.3 Å². The second-order valence-electron chi connectivity index (χ2n) is 2.88. The van der Waals surface area contributed by atoms with E-state index in [2.05, 4.69) is 25.3 Å². The molecule has 1 aromatic rings. The lowest BCUT2D eigenvalue weighted by Crippen LogP contribution is -2.10. The van der Waals surface area contributed by atoms with Crippen LogP contribution in [0, 0.1) is 0 Å². The minimum Gasteiger partial charge on any atom is -0.492 e. The molecule has 0 aromatic heterocycles. The van der Waals surface area contributed by atoms with Gasteiger partial charge in [0.15, 0.2) is 0 Å². The van der Waals surface area contributed by atoms with E-state index in [0.29, 0.717) is 18.9 Å². The number of benzene rings is 1. The molecule has 0 unspecified atom stereocenters. The Kier molecular flexibility index (Phi) is 5.22. The molecule has 0 bridgehead atoms. The van der Waals surface area contributed by atoms with E-state index < -0.39 is 0 Å². The summed E-state index contributed by atoms with van der Waals surface area (Å²) in [6.07, 6.45) is 0. The van der Waals surface area contributed by atoms with Crippen LogP contribution in [0.25, 0.3) is 0 Å². The van der Waals surface area contributed by atoms with E-state index in [0.717, 1.165) is 17.1 Å². The van der Waals surface area contributed by atoms with Crippen molar-refractivity contribution in [3.8, 4) is 5.75 Å². The Hall–Kier alpha value is -0.320. The Morgan fingerprint density at radius 1 is 1.14 bits per heavy atom. The van der Waals surface area contributed by atoms with Gasteiger partial charge in [0.2, 0.25) is 0 Å². The fraction of sp³-hybridized carbons (Fsp3) is 0.400. The van der Waals surface area contributed by atoms with Crippen molar-refractivity contribution in [1.29, 1.82) is 0 Å². The maximum absolute atomic E-state index is 5.41. The maximum atomic E-state index is 5.41. The lowest BCUT2D eigenvalue weighted by Gasteiger charge is -2.09. The van der Waals surface area contributed by atoms with Gasteiger partial charge in [0.1, 0.15) is 12.4 Å². The summed E-state index contributed by atoms with van der Waals surface area (Å²) in [5, 5.41) is 0. The molecule has 0 spiro atoms. The highest BCUT2D eigenvalue weighted by molar-refractivity contribution is 7.79. The van der Waals surface area contributed by atoms with Crippen LogP contribution in [-0.4, -0.2) is 13.2 Å². The van der Waals surface area contributed by atoms with Crippen LogP contribution in [0.15, 0.2) is 18.2 Å². The lowest BCUT2D eigenvalue weighted by molar-refractivity contribution is 0.328. The SMILES string of the molecule is NCCOc1ccc(CS)c(CS)c1. The van der Waals surface area contributed by atoms with Crippen LogP contribution in [0.3, 0.4) is 0 Å². The first-order chi connectivity index (χ1) is 6.81. The molecule has 0 atom stereocenters. The Morgan fingerprint density at radius 2 is 1.86 bits per heavy atom. The third-order valence-corrected chi connectivity index (χ3v) is 2.59. The predicted molar refractivity (Wildman–Crippen MR) is 66.4 cm³/mol. The van der Waals surface area contributed by atoms with Crippen LogP contribution in [0.2, 0.25) is 0 Å². The van der Waals surface area contributed by atoms with Crippen molar-refractivity contribution in [2.24, 2.45) is 5.73 Å². The predicted octanol–water partition coefficient (Wildman–Crippen LogP) is 1.88. The summed E-state index contributed by atoms with van der Waals surface area (Å²) in [7, 11) is 0. The largest absolute Gasteiger partial charge is 0.492 e. The van der Waals surface area contributed by atoms with Gasteiger partial charge in [0, 0.05) is 18.1 Å². The molecule has 0 radical (unpaired) electrons. The Labute approximate surface area is 95.7 Å². The van der Waals surface area contributed by atoms with Crippen LogP contribution in [0.4, 0.5) is 0 Å². The molecule has 0 amide bonds. The molecule has 1 rings (SSSR count). The van der Waals surface area contributed by atoms with Crippen molar-refractivity contribution in [3.05, 3.63) is 29.3 Å². The molecule has 0 heterocycles. The topological polar surface area (TPSA) is 35.2 Å². The Balaban J connectivity index is 2.79. The Morgan fingerprint density at radius 3 is 2.43 bits per heavy atom. The van der Waals surface area contributed by atoms with Gasteiger partial charge >= 0.3 is 0 Å². The van der Waals surface area contributed by atoms with E-state index in [1.807, 2.05) is 18.2 Å². The second-order valence-corrected chi connectivity index (χ2v) is 3.52. The van der Waals surface area contributed by atoms with Gasteiger partial charge in [-0.15, -0.1) is 0 Å². The molecule has 4 heteroatoms. The summed E-state index contributed by atoms with van der Waals surface area (Å²) in [5.41, 5.74) is 7.71. The highest BCUT2D eigenvalue weighted by Crippen LogP contribution is 2.20. The van der Waals surface area contributed by atoms with E-state index in [1.165, 1.54) is 5.56 Å². The van der Waals surface area contributed by atoms with Gasteiger partial charge in [0.25, 0.3) is 0 Å². The van der Waals surface area contributed by atoms with Gasteiger partial charge in [0.05, 0.1) is 0 Å². The maximum Gasteiger partial charge on any atom is 0.119 e. The minimum absolute atomic E-state index is 0.532. The third kappa shape index (κ3) is 3.12. The molecule has 0 aliphatic carbocycles. The molecule has 0 aliphatic rings. The van der Waals surface area contributed by atoms with Gasteiger partial charge in [-0.3, -0.25) is 0 Å². The van der Waals surface area contributed by atoms with Gasteiger partial charge < -0.3 is 10.5 Å². The zero-order chi connectivity index (χ0) is 10.4.